The number of rotatable bonds is 11. The molecule has 1 N–H and O–H groups in total. The summed E-state index contributed by atoms with van der Waals surface area (Å²) in [6, 6.07) is 10.1. The fraction of sp³-hybridized carbons (Fsp3) is 0.348. The van der Waals surface area contributed by atoms with E-state index in [0.29, 0.717) is 46.0 Å². The third-order valence-corrected chi connectivity index (χ3v) is 5.25. The number of sulfone groups is 1. The number of benzene rings is 2. The zero-order chi connectivity index (χ0) is 23.7. The van der Waals surface area contributed by atoms with Crippen LogP contribution in [0.2, 0.25) is 5.02 Å². The van der Waals surface area contributed by atoms with Crippen LogP contribution in [0, 0.1) is 5.92 Å². The first-order valence-corrected chi connectivity index (χ1v) is 12.4. The number of hydrogen-bond acceptors (Lipinski definition) is 6. The van der Waals surface area contributed by atoms with Gasteiger partial charge >= 0.3 is 0 Å². The molecule has 2 aromatic carbocycles. The number of ether oxygens (including phenoxy) is 3. The van der Waals surface area contributed by atoms with Gasteiger partial charge in [0, 0.05) is 24.1 Å². The first kappa shape index (κ1) is 25.5. The van der Waals surface area contributed by atoms with E-state index in [9.17, 15) is 13.2 Å². The average molecular weight is 482 g/mol. The van der Waals surface area contributed by atoms with E-state index >= 15 is 0 Å². The van der Waals surface area contributed by atoms with Crippen LogP contribution in [0.15, 0.2) is 42.5 Å². The molecule has 7 nitrogen and oxygen atoms in total. The van der Waals surface area contributed by atoms with Gasteiger partial charge in [-0.3, -0.25) is 4.79 Å². The molecule has 0 aromatic heterocycles. The maximum Gasteiger partial charge on any atom is 0.248 e. The van der Waals surface area contributed by atoms with Crippen LogP contribution in [0.1, 0.15) is 19.4 Å². The lowest BCUT2D eigenvalue weighted by molar-refractivity contribution is -0.111. The maximum atomic E-state index is 12.3. The molecule has 0 spiro atoms. The highest BCUT2D eigenvalue weighted by molar-refractivity contribution is 7.90. The third-order valence-electron chi connectivity index (χ3n) is 4.06. The van der Waals surface area contributed by atoms with Crippen molar-refractivity contribution in [1.29, 1.82) is 0 Å². The summed E-state index contributed by atoms with van der Waals surface area (Å²) in [6.07, 6.45) is 4.13. The number of nitrogens with one attached hydrogen (secondary N) is 1. The van der Waals surface area contributed by atoms with Gasteiger partial charge in [-0.2, -0.15) is 0 Å². The molecule has 2 aromatic rings. The number of amides is 1. The Morgan fingerprint density at radius 2 is 1.94 bits per heavy atom. The monoisotopic (exact) mass is 481 g/mol. The summed E-state index contributed by atoms with van der Waals surface area (Å²) in [7, 11) is -1.58. The van der Waals surface area contributed by atoms with E-state index in [1.54, 1.807) is 42.5 Å². The Hall–Kier alpha value is -2.71. The smallest absolute Gasteiger partial charge is 0.248 e. The molecule has 0 saturated heterocycles. The third kappa shape index (κ3) is 8.80. The lowest BCUT2D eigenvalue weighted by Gasteiger charge is -2.14. The second-order valence-corrected chi connectivity index (χ2v) is 10.2. The predicted octanol–water partition coefficient (Wildman–Crippen LogP) is 4.46. The highest BCUT2D eigenvalue weighted by Gasteiger charge is 2.12. The van der Waals surface area contributed by atoms with E-state index in [0.717, 1.165) is 6.26 Å². The van der Waals surface area contributed by atoms with Gasteiger partial charge in [-0.1, -0.05) is 31.5 Å². The van der Waals surface area contributed by atoms with Crippen molar-refractivity contribution in [2.45, 2.75) is 13.8 Å². The van der Waals surface area contributed by atoms with Crippen LogP contribution >= 0.6 is 11.6 Å². The Kier molecular flexibility index (Phi) is 9.41. The van der Waals surface area contributed by atoms with Gasteiger partial charge in [-0.05, 0) is 41.8 Å². The minimum atomic E-state index is -3.11. The van der Waals surface area contributed by atoms with Gasteiger partial charge in [0.25, 0.3) is 0 Å². The Labute approximate surface area is 194 Å². The van der Waals surface area contributed by atoms with Crippen molar-refractivity contribution in [2.24, 2.45) is 5.92 Å². The molecule has 0 bridgehead atoms. The van der Waals surface area contributed by atoms with Crippen LogP contribution in [0.3, 0.4) is 0 Å². The normalized spacial score (nSPS) is 11.6. The molecule has 0 fully saturated rings. The summed E-state index contributed by atoms with van der Waals surface area (Å²) in [6.45, 7) is 4.61. The van der Waals surface area contributed by atoms with E-state index < -0.39 is 9.84 Å². The van der Waals surface area contributed by atoms with Crippen molar-refractivity contribution in [1.82, 2.24) is 0 Å². The second kappa shape index (κ2) is 11.8. The fourth-order valence-electron chi connectivity index (χ4n) is 2.56. The first-order valence-electron chi connectivity index (χ1n) is 9.97. The van der Waals surface area contributed by atoms with Crippen molar-refractivity contribution in [3.63, 3.8) is 0 Å². The van der Waals surface area contributed by atoms with Gasteiger partial charge < -0.3 is 19.5 Å². The molecule has 2 rings (SSSR count). The molecule has 0 heterocycles. The van der Waals surface area contributed by atoms with Crippen molar-refractivity contribution in [2.75, 3.05) is 37.6 Å². The fourth-order valence-corrected chi connectivity index (χ4v) is 3.22. The highest BCUT2D eigenvalue weighted by atomic mass is 35.5. The zero-order valence-electron chi connectivity index (χ0n) is 18.6. The van der Waals surface area contributed by atoms with Gasteiger partial charge in [0.15, 0.2) is 21.3 Å². The Morgan fingerprint density at radius 1 is 1.19 bits per heavy atom. The van der Waals surface area contributed by atoms with Crippen LogP contribution in [0.25, 0.3) is 6.08 Å². The predicted molar refractivity (Wildman–Crippen MR) is 128 cm³/mol. The van der Waals surface area contributed by atoms with E-state index in [1.165, 1.54) is 13.2 Å². The Balaban J connectivity index is 2.03. The van der Waals surface area contributed by atoms with Crippen LogP contribution in [0.4, 0.5) is 5.69 Å². The largest absolute Gasteiger partial charge is 0.493 e. The van der Waals surface area contributed by atoms with Crippen molar-refractivity contribution >= 4 is 39.1 Å². The molecular formula is C23H28ClNO6S. The zero-order valence-corrected chi connectivity index (χ0v) is 20.1. The summed E-state index contributed by atoms with van der Waals surface area (Å²) in [4.78, 5) is 12.3. The quantitative estimate of drug-likeness (QED) is 0.476. The van der Waals surface area contributed by atoms with Crippen LogP contribution in [-0.4, -0.2) is 46.7 Å². The maximum absolute atomic E-state index is 12.3. The van der Waals surface area contributed by atoms with Crippen LogP contribution in [-0.2, 0) is 14.6 Å². The molecule has 1 amide bonds. The van der Waals surface area contributed by atoms with Crippen LogP contribution < -0.4 is 19.5 Å². The number of hydrogen-bond donors (Lipinski definition) is 1. The molecule has 0 radical (unpaired) electrons. The van der Waals surface area contributed by atoms with Crippen molar-refractivity contribution in [3.05, 3.63) is 53.1 Å². The molecular weight excluding hydrogens is 454 g/mol. The molecule has 0 saturated carbocycles. The average Bonchev–Trinajstić information content (AvgIpc) is 2.70. The van der Waals surface area contributed by atoms with E-state index in [2.05, 4.69) is 5.32 Å². The molecule has 0 aliphatic rings. The standard InChI is InChI=1S/C23H28ClNO6S/c1-16(2)15-31-23-20(24)12-17(13-21(23)29-3)8-9-22(26)25-18-6-5-7-19(14-18)30-10-11-32(4,27)28/h5-9,12-14,16H,10-11,15H2,1-4H3,(H,25,26)/b9-8+. The summed E-state index contributed by atoms with van der Waals surface area (Å²) in [5.41, 5.74) is 1.20. The Bertz CT molecular complexity index is 1070. The second-order valence-electron chi connectivity index (χ2n) is 7.57. The molecule has 0 atom stereocenters. The molecule has 32 heavy (non-hydrogen) atoms. The number of carbonyl (C=O) groups is 1. The lowest BCUT2D eigenvalue weighted by Crippen LogP contribution is -2.12. The lowest BCUT2D eigenvalue weighted by atomic mass is 10.1. The molecule has 0 aliphatic heterocycles. The molecule has 0 unspecified atom stereocenters. The highest BCUT2D eigenvalue weighted by Crippen LogP contribution is 2.37. The number of halogens is 1. The number of anilines is 1. The van der Waals surface area contributed by atoms with Gasteiger partial charge in [-0.15, -0.1) is 0 Å². The summed E-state index contributed by atoms with van der Waals surface area (Å²) >= 11 is 6.34. The summed E-state index contributed by atoms with van der Waals surface area (Å²) in [5, 5.41) is 3.13. The number of carbonyl (C=O) groups excluding carboxylic acids is 1. The molecule has 0 aliphatic carbocycles. The van der Waals surface area contributed by atoms with Gasteiger partial charge in [-0.25, -0.2) is 8.42 Å². The van der Waals surface area contributed by atoms with E-state index in [-0.39, 0.29) is 18.3 Å². The minimum absolute atomic E-state index is 0.0373. The Morgan fingerprint density at radius 3 is 2.59 bits per heavy atom. The topological polar surface area (TPSA) is 90.9 Å². The SMILES string of the molecule is COc1cc(/C=C/C(=O)Nc2cccc(OCCS(C)(=O)=O)c2)cc(Cl)c1OCC(C)C. The van der Waals surface area contributed by atoms with E-state index in [4.69, 9.17) is 25.8 Å². The van der Waals surface area contributed by atoms with E-state index in [1.807, 2.05) is 13.8 Å². The van der Waals surface area contributed by atoms with Crippen LogP contribution in [0.5, 0.6) is 17.2 Å². The van der Waals surface area contributed by atoms with Gasteiger partial charge in [0.05, 0.1) is 24.5 Å². The van der Waals surface area contributed by atoms with Gasteiger partial charge in [0.2, 0.25) is 5.91 Å². The summed E-state index contributed by atoms with van der Waals surface area (Å²) in [5.74, 6) is 1.31. The van der Waals surface area contributed by atoms with Crippen molar-refractivity contribution < 1.29 is 27.4 Å². The summed E-state index contributed by atoms with van der Waals surface area (Å²) < 4.78 is 38.9. The number of methoxy groups -OCH3 is 1. The first-order chi connectivity index (χ1) is 15.1. The molecule has 9 heteroatoms. The minimum Gasteiger partial charge on any atom is -0.493 e. The van der Waals surface area contributed by atoms with Crippen molar-refractivity contribution in [3.8, 4) is 17.2 Å². The van der Waals surface area contributed by atoms with Gasteiger partial charge in [0.1, 0.15) is 12.4 Å². The molecule has 174 valence electrons.